The third-order valence-corrected chi connectivity index (χ3v) is 2.33. The fraction of sp³-hybridized carbons (Fsp3) is 0.188. The molecule has 0 aromatic heterocycles. The number of carbonyl (C=O) groups excluding carboxylic acids is 1. The van der Waals surface area contributed by atoms with Gasteiger partial charge in [0.1, 0.15) is 0 Å². The van der Waals surface area contributed by atoms with Crippen LogP contribution < -0.4 is 5.32 Å². The second kappa shape index (κ2) is 8.07. The number of ketones is 1. The maximum absolute atomic E-state index is 11.7. The molecule has 0 saturated carbocycles. The van der Waals surface area contributed by atoms with Crippen LogP contribution in [0.5, 0.6) is 0 Å². The van der Waals surface area contributed by atoms with Crippen LogP contribution in [0.1, 0.15) is 24.2 Å². The molecule has 0 fully saturated rings. The van der Waals surface area contributed by atoms with Gasteiger partial charge in [-0.3, -0.25) is 4.79 Å². The first-order valence-electron chi connectivity index (χ1n) is 6.24. The van der Waals surface area contributed by atoms with E-state index in [1.165, 1.54) is 0 Å². The van der Waals surface area contributed by atoms with Crippen molar-refractivity contribution in [2.75, 3.05) is 6.54 Å². The van der Waals surface area contributed by atoms with Crippen LogP contribution in [0.2, 0.25) is 0 Å². The fourth-order valence-electron chi connectivity index (χ4n) is 1.46. The third kappa shape index (κ3) is 4.42. The van der Waals surface area contributed by atoms with Gasteiger partial charge in [-0.15, -0.1) is 0 Å². The molecule has 2 heteroatoms. The lowest BCUT2D eigenvalue weighted by atomic mass is 10.1. The molecule has 0 radical (unpaired) electrons. The molecule has 0 saturated heterocycles. The zero-order valence-corrected chi connectivity index (χ0v) is 10.9. The molecule has 0 unspecified atom stereocenters. The molecule has 2 rings (SSSR count). The Bertz CT molecular complexity index is 455. The largest absolute Gasteiger partial charge is 0.387 e. The molecule has 0 aliphatic carbocycles. The van der Waals surface area contributed by atoms with Crippen LogP contribution in [0.3, 0.4) is 0 Å². The minimum absolute atomic E-state index is 0.0356. The number of carbonyl (C=O) groups is 1. The number of benzene rings is 1. The highest BCUT2D eigenvalue weighted by Crippen LogP contribution is 2.05. The standard InChI is InChI=1S/C14H13NO.C2H6/c16-14(13-4-2-1-3-5-13)7-6-12-8-10-15-11-9-12;1-2/h1-10,15H,11H2;1-2H3/b7-6+;. The molecule has 2 nitrogen and oxygen atoms in total. The van der Waals surface area contributed by atoms with Crippen LogP contribution in [-0.2, 0) is 0 Å². The molecule has 1 aliphatic rings. The van der Waals surface area contributed by atoms with Gasteiger partial charge >= 0.3 is 0 Å². The van der Waals surface area contributed by atoms with E-state index in [0.29, 0.717) is 0 Å². The highest BCUT2D eigenvalue weighted by molar-refractivity contribution is 6.04. The molecule has 1 aliphatic heterocycles. The Morgan fingerprint density at radius 2 is 1.94 bits per heavy atom. The first-order chi connectivity index (χ1) is 8.86. The maximum Gasteiger partial charge on any atom is 0.185 e. The number of nitrogens with one attached hydrogen (secondary N) is 1. The molecule has 18 heavy (non-hydrogen) atoms. The van der Waals surface area contributed by atoms with Crippen molar-refractivity contribution in [3.05, 3.63) is 72.0 Å². The van der Waals surface area contributed by atoms with E-state index in [2.05, 4.69) is 5.32 Å². The van der Waals surface area contributed by atoms with E-state index in [9.17, 15) is 4.79 Å². The van der Waals surface area contributed by atoms with Crippen LogP contribution in [-0.4, -0.2) is 12.3 Å². The first-order valence-corrected chi connectivity index (χ1v) is 6.24. The van der Waals surface area contributed by atoms with Gasteiger partial charge < -0.3 is 5.32 Å². The average Bonchev–Trinajstić information content (AvgIpc) is 2.49. The predicted molar refractivity (Wildman–Crippen MR) is 76.5 cm³/mol. The number of allylic oxidation sites excluding steroid dienone is 4. The fourth-order valence-corrected chi connectivity index (χ4v) is 1.46. The Morgan fingerprint density at radius 3 is 2.56 bits per heavy atom. The Hall–Kier alpha value is -2.09. The van der Waals surface area contributed by atoms with Crippen molar-refractivity contribution in [3.8, 4) is 0 Å². The van der Waals surface area contributed by atoms with E-state index >= 15 is 0 Å². The van der Waals surface area contributed by atoms with E-state index in [1.807, 2.05) is 68.6 Å². The zero-order chi connectivity index (χ0) is 13.2. The molecule has 1 heterocycles. The van der Waals surface area contributed by atoms with Gasteiger partial charge in [0.15, 0.2) is 5.78 Å². The van der Waals surface area contributed by atoms with E-state index in [4.69, 9.17) is 0 Å². The molecule has 0 amide bonds. The van der Waals surface area contributed by atoms with Gasteiger partial charge in [0, 0.05) is 12.1 Å². The van der Waals surface area contributed by atoms with Gasteiger partial charge in [-0.2, -0.15) is 0 Å². The molecular weight excluding hydrogens is 222 g/mol. The van der Waals surface area contributed by atoms with E-state index in [0.717, 1.165) is 17.7 Å². The minimum atomic E-state index is 0.0356. The molecule has 1 aromatic carbocycles. The molecule has 0 atom stereocenters. The number of rotatable bonds is 3. The lowest BCUT2D eigenvalue weighted by Crippen LogP contribution is -2.07. The van der Waals surface area contributed by atoms with Crippen LogP contribution >= 0.6 is 0 Å². The summed E-state index contributed by atoms with van der Waals surface area (Å²) < 4.78 is 0. The second-order valence-corrected chi connectivity index (χ2v) is 3.51. The van der Waals surface area contributed by atoms with Crippen LogP contribution in [0.25, 0.3) is 0 Å². The highest BCUT2D eigenvalue weighted by Gasteiger charge is 1.99. The van der Waals surface area contributed by atoms with E-state index in [1.54, 1.807) is 6.08 Å². The smallest absolute Gasteiger partial charge is 0.185 e. The topological polar surface area (TPSA) is 29.1 Å². The van der Waals surface area contributed by atoms with Gasteiger partial charge in [-0.05, 0) is 23.9 Å². The summed E-state index contributed by atoms with van der Waals surface area (Å²) in [4.78, 5) is 11.7. The summed E-state index contributed by atoms with van der Waals surface area (Å²) in [6.07, 6.45) is 9.31. The summed E-state index contributed by atoms with van der Waals surface area (Å²) in [5.74, 6) is 0.0356. The summed E-state index contributed by atoms with van der Waals surface area (Å²) in [5.41, 5.74) is 1.78. The first kappa shape index (κ1) is 14.0. The Labute approximate surface area is 109 Å². The molecule has 0 spiro atoms. The number of hydrogen-bond donors (Lipinski definition) is 1. The van der Waals surface area contributed by atoms with Gasteiger partial charge in [-0.25, -0.2) is 0 Å². The van der Waals surface area contributed by atoms with Crippen molar-refractivity contribution in [1.29, 1.82) is 0 Å². The molecule has 1 aromatic rings. The van der Waals surface area contributed by atoms with Gasteiger partial charge in [0.2, 0.25) is 0 Å². The molecular formula is C16H19NO. The normalized spacial score (nSPS) is 13.3. The number of dihydropyridines is 1. The highest BCUT2D eigenvalue weighted by atomic mass is 16.1. The third-order valence-electron chi connectivity index (χ3n) is 2.33. The van der Waals surface area contributed by atoms with Crippen LogP contribution in [0.15, 0.2) is 66.4 Å². The Balaban J connectivity index is 0.000000771. The summed E-state index contributed by atoms with van der Waals surface area (Å²) in [6.45, 7) is 4.82. The van der Waals surface area contributed by atoms with Crippen molar-refractivity contribution in [3.63, 3.8) is 0 Å². The van der Waals surface area contributed by atoms with Gasteiger partial charge in [0.05, 0.1) is 0 Å². The molecule has 94 valence electrons. The Morgan fingerprint density at radius 1 is 1.22 bits per heavy atom. The van der Waals surface area contributed by atoms with Crippen molar-refractivity contribution in [2.45, 2.75) is 13.8 Å². The van der Waals surface area contributed by atoms with Gasteiger partial charge in [0.25, 0.3) is 0 Å². The van der Waals surface area contributed by atoms with Gasteiger partial charge in [-0.1, -0.05) is 56.3 Å². The van der Waals surface area contributed by atoms with Crippen molar-refractivity contribution < 1.29 is 4.79 Å². The predicted octanol–water partition coefficient (Wildman–Crippen LogP) is 3.50. The zero-order valence-electron chi connectivity index (χ0n) is 10.9. The monoisotopic (exact) mass is 241 g/mol. The lowest BCUT2D eigenvalue weighted by Gasteiger charge is -2.03. The van der Waals surface area contributed by atoms with Crippen LogP contribution in [0, 0.1) is 0 Å². The van der Waals surface area contributed by atoms with E-state index in [-0.39, 0.29) is 5.78 Å². The second-order valence-electron chi connectivity index (χ2n) is 3.51. The summed E-state index contributed by atoms with van der Waals surface area (Å²) in [5, 5.41) is 3.06. The summed E-state index contributed by atoms with van der Waals surface area (Å²) in [6, 6.07) is 9.27. The molecule has 0 bridgehead atoms. The van der Waals surface area contributed by atoms with Crippen molar-refractivity contribution in [2.24, 2.45) is 0 Å². The van der Waals surface area contributed by atoms with Crippen molar-refractivity contribution in [1.82, 2.24) is 5.32 Å². The van der Waals surface area contributed by atoms with Crippen molar-refractivity contribution >= 4 is 5.78 Å². The quantitative estimate of drug-likeness (QED) is 0.648. The average molecular weight is 241 g/mol. The summed E-state index contributed by atoms with van der Waals surface area (Å²) in [7, 11) is 0. The molecule has 1 N–H and O–H groups in total. The lowest BCUT2D eigenvalue weighted by molar-refractivity contribution is 0.104. The summed E-state index contributed by atoms with van der Waals surface area (Å²) >= 11 is 0. The maximum atomic E-state index is 11.7. The van der Waals surface area contributed by atoms with Crippen LogP contribution in [0.4, 0.5) is 0 Å². The SMILES string of the molecule is CC.O=C(/C=C/C1=CCNC=C1)c1ccccc1. The van der Waals surface area contributed by atoms with E-state index < -0.39 is 0 Å². The minimum Gasteiger partial charge on any atom is -0.387 e. The number of hydrogen-bond acceptors (Lipinski definition) is 2. The Kier molecular flexibility index (Phi) is 6.26.